The number of hydrogen-bond acceptors (Lipinski definition) is 6. The number of nitrogens with zero attached hydrogens (tertiary/aromatic N) is 4. The van der Waals surface area contributed by atoms with Crippen molar-refractivity contribution >= 4 is 29.3 Å². The number of ether oxygens (including phenoxy) is 1. The third-order valence-corrected chi connectivity index (χ3v) is 5.32. The minimum absolute atomic E-state index is 0.0424. The Morgan fingerprint density at radius 1 is 1.35 bits per heavy atom. The molecule has 1 aromatic heterocycles. The Morgan fingerprint density at radius 2 is 2.12 bits per heavy atom. The molecule has 3 rings (SSSR count). The van der Waals surface area contributed by atoms with Gasteiger partial charge >= 0.3 is 0 Å². The van der Waals surface area contributed by atoms with Gasteiger partial charge in [-0.1, -0.05) is 23.9 Å². The molecular formula is C18H25N5O2S. The maximum absolute atomic E-state index is 12.5. The Kier molecular flexibility index (Phi) is 6.16. The SMILES string of the molecule is CCn1c(S[C@@H](C)C(=O)Nc2cccc(C)c2)nnc1N1CCOCC1. The van der Waals surface area contributed by atoms with Crippen LogP contribution < -0.4 is 10.2 Å². The number of thioether (sulfide) groups is 1. The zero-order valence-corrected chi connectivity index (χ0v) is 16.3. The number of amides is 1. The molecule has 1 aromatic carbocycles. The van der Waals surface area contributed by atoms with Gasteiger partial charge in [-0.2, -0.15) is 0 Å². The van der Waals surface area contributed by atoms with Crippen molar-refractivity contribution in [2.45, 2.75) is 37.7 Å². The normalized spacial score (nSPS) is 15.7. The van der Waals surface area contributed by atoms with E-state index in [-0.39, 0.29) is 11.2 Å². The van der Waals surface area contributed by atoms with Crippen molar-refractivity contribution < 1.29 is 9.53 Å². The average molecular weight is 375 g/mol. The van der Waals surface area contributed by atoms with Crippen LogP contribution in [0.15, 0.2) is 29.4 Å². The van der Waals surface area contributed by atoms with Crippen molar-refractivity contribution in [3.05, 3.63) is 29.8 Å². The summed E-state index contributed by atoms with van der Waals surface area (Å²) in [6.45, 7) is 9.74. The molecule has 26 heavy (non-hydrogen) atoms. The lowest BCUT2D eigenvalue weighted by molar-refractivity contribution is -0.115. The monoisotopic (exact) mass is 375 g/mol. The van der Waals surface area contributed by atoms with Crippen molar-refractivity contribution in [3.8, 4) is 0 Å². The first kappa shape index (κ1) is 18.7. The van der Waals surface area contributed by atoms with Gasteiger partial charge in [-0.05, 0) is 38.5 Å². The Bertz CT molecular complexity index is 758. The van der Waals surface area contributed by atoms with Crippen molar-refractivity contribution in [2.75, 3.05) is 36.5 Å². The first-order valence-electron chi connectivity index (χ1n) is 8.88. The fraction of sp³-hybridized carbons (Fsp3) is 0.500. The number of carbonyl (C=O) groups is 1. The van der Waals surface area contributed by atoms with E-state index in [2.05, 4.69) is 31.9 Å². The molecule has 140 valence electrons. The number of carbonyl (C=O) groups excluding carboxylic acids is 1. The van der Waals surface area contributed by atoms with Crippen LogP contribution >= 0.6 is 11.8 Å². The molecular weight excluding hydrogens is 350 g/mol. The van der Waals surface area contributed by atoms with Crippen LogP contribution in [0.4, 0.5) is 11.6 Å². The third-order valence-electron chi connectivity index (χ3n) is 4.24. The summed E-state index contributed by atoms with van der Waals surface area (Å²) in [6.07, 6.45) is 0. The fourth-order valence-corrected chi connectivity index (χ4v) is 3.73. The summed E-state index contributed by atoms with van der Waals surface area (Å²) in [5, 5.41) is 12.1. The summed E-state index contributed by atoms with van der Waals surface area (Å²) in [5.74, 6) is 0.809. The van der Waals surface area contributed by atoms with Crippen molar-refractivity contribution in [3.63, 3.8) is 0 Å². The summed E-state index contributed by atoms with van der Waals surface area (Å²) in [4.78, 5) is 14.7. The van der Waals surface area contributed by atoms with E-state index in [9.17, 15) is 4.79 Å². The van der Waals surface area contributed by atoms with Gasteiger partial charge in [0.05, 0.1) is 18.5 Å². The Hall–Kier alpha value is -2.06. The number of morpholine rings is 1. The largest absolute Gasteiger partial charge is 0.378 e. The molecule has 1 saturated heterocycles. The van der Waals surface area contributed by atoms with Gasteiger partial charge in [-0.15, -0.1) is 10.2 Å². The van der Waals surface area contributed by atoms with Gasteiger partial charge < -0.3 is 15.0 Å². The highest BCUT2D eigenvalue weighted by Crippen LogP contribution is 2.26. The summed E-state index contributed by atoms with van der Waals surface area (Å²) in [7, 11) is 0. The smallest absolute Gasteiger partial charge is 0.237 e. The minimum Gasteiger partial charge on any atom is -0.378 e. The molecule has 0 aliphatic carbocycles. The average Bonchev–Trinajstić information content (AvgIpc) is 3.05. The number of benzene rings is 1. The lowest BCUT2D eigenvalue weighted by Gasteiger charge is -2.27. The summed E-state index contributed by atoms with van der Waals surface area (Å²) in [6, 6.07) is 7.80. The molecule has 8 heteroatoms. The number of nitrogens with one attached hydrogen (secondary N) is 1. The lowest BCUT2D eigenvalue weighted by Crippen LogP contribution is -2.38. The highest BCUT2D eigenvalue weighted by molar-refractivity contribution is 8.00. The second kappa shape index (κ2) is 8.55. The molecule has 0 saturated carbocycles. The van der Waals surface area contributed by atoms with E-state index in [4.69, 9.17) is 4.74 Å². The van der Waals surface area contributed by atoms with Gasteiger partial charge in [0.1, 0.15) is 0 Å². The maximum Gasteiger partial charge on any atom is 0.237 e. The molecule has 0 spiro atoms. The number of hydrogen-bond donors (Lipinski definition) is 1. The van der Waals surface area contributed by atoms with Crippen LogP contribution in [0.2, 0.25) is 0 Å². The summed E-state index contributed by atoms with van der Waals surface area (Å²) < 4.78 is 7.47. The molecule has 2 heterocycles. The highest BCUT2D eigenvalue weighted by atomic mass is 32.2. The highest BCUT2D eigenvalue weighted by Gasteiger charge is 2.23. The maximum atomic E-state index is 12.5. The Balaban J connectivity index is 1.67. The third kappa shape index (κ3) is 4.37. The van der Waals surface area contributed by atoms with Crippen molar-refractivity contribution in [1.29, 1.82) is 0 Å². The first-order chi connectivity index (χ1) is 12.6. The van der Waals surface area contributed by atoms with E-state index in [0.717, 1.165) is 42.0 Å². The lowest BCUT2D eigenvalue weighted by atomic mass is 10.2. The zero-order valence-electron chi connectivity index (χ0n) is 15.4. The number of rotatable bonds is 6. The predicted molar refractivity (Wildman–Crippen MR) is 104 cm³/mol. The van der Waals surface area contributed by atoms with Gasteiger partial charge in [-0.3, -0.25) is 9.36 Å². The van der Waals surface area contributed by atoms with Gasteiger partial charge in [-0.25, -0.2) is 0 Å². The second-order valence-corrected chi connectivity index (χ2v) is 7.55. The molecule has 1 amide bonds. The van der Waals surface area contributed by atoms with Crippen LogP contribution in [-0.4, -0.2) is 52.2 Å². The molecule has 2 aromatic rings. The minimum atomic E-state index is -0.275. The Labute approximate surface area is 158 Å². The number of aryl methyl sites for hydroxylation is 1. The van der Waals surface area contributed by atoms with Crippen molar-refractivity contribution in [2.24, 2.45) is 0 Å². The molecule has 1 N–H and O–H groups in total. The molecule has 7 nitrogen and oxygen atoms in total. The summed E-state index contributed by atoms with van der Waals surface area (Å²) in [5.41, 5.74) is 1.93. The first-order valence-corrected chi connectivity index (χ1v) is 9.76. The molecule has 0 bridgehead atoms. The summed E-state index contributed by atoms with van der Waals surface area (Å²) >= 11 is 1.43. The van der Waals surface area contributed by atoms with Crippen LogP contribution in [0.5, 0.6) is 0 Å². The van der Waals surface area contributed by atoms with E-state index in [1.54, 1.807) is 0 Å². The van der Waals surface area contributed by atoms with Crippen molar-refractivity contribution in [1.82, 2.24) is 14.8 Å². The molecule has 0 unspecified atom stereocenters. The van der Waals surface area contributed by atoms with E-state index < -0.39 is 0 Å². The zero-order chi connectivity index (χ0) is 18.5. The van der Waals surface area contributed by atoms with E-state index in [0.29, 0.717) is 13.2 Å². The van der Waals surface area contributed by atoms with Crippen LogP contribution in [0.1, 0.15) is 19.4 Å². The van der Waals surface area contributed by atoms with Crippen LogP contribution in [0.25, 0.3) is 0 Å². The van der Waals surface area contributed by atoms with Gasteiger partial charge in [0.25, 0.3) is 0 Å². The van der Waals surface area contributed by atoms with E-state index >= 15 is 0 Å². The predicted octanol–water partition coefficient (Wildman–Crippen LogP) is 2.56. The second-order valence-electron chi connectivity index (χ2n) is 6.25. The van der Waals surface area contributed by atoms with E-state index in [1.165, 1.54) is 11.8 Å². The Morgan fingerprint density at radius 3 is 2.81 bits per heavy atom. The number of anilines is 2. The molecule has 1 fully saturated rings. The fourth-order valence-electron chi connectivity index (χ4n) is 2.82. The van der Waals surface area contributed by atoms with Crippen LogP contribution in [0.3, 0.4) is 0 Å². The van der Waals surface area contributed by atoms with Gasteiger partial charge in [0, 0.05) is 25.3 Å². The quantitative estimate of drug-likeness (QED) is 0.783. The standard InChI is InChI=1S/C18H25N5O2S/c1-4-23-17(22-8-10-25-11-9-22)20-21-18(23)26-14(3)16(24)19-15-7-5-6-13(2)12-15/h5-7,12,14H,4,8-11H2,1-3H3,(H,19,24)/t14-/m0/s1. The van der Waals surface area contributed by atoms with Crippen LogP contribution in [-0.2, 0) is 16.1 Å². The van der Waals surface area contributed by atoms with Gasteiger partial charge in [0.15, 0.2) is 5.16 Å². The molecule has 1 aliphatic rings. The van der Waals surface area contributed by atoms with Crippen LogP contribution in [0, 0.1) is 6.92 Å². The molecule has 0 radical (unpaired) electrons. The molecule has 1 aliphatic heterocycles. The van der Waals surface area contributed by atoms with Gasteiger partial charge in [0.2, 0.25) is 11.9 Å². The topological polar surface area (TPSA) is 72.3 Å². The number of aromatic nitrogens is 3. The molecule has 1 atom stereocenters. The van der Waals surface area contributed by atoms with E-state index in [1.807, 2.05) is 38.1 Å².